The maximum atomic E-state index is 12.4. The van der Waals surface area contributed by atoms with Gasteiger partial charge in [0.05, 0.1) is 0 Å². The summed E-state index contributed by atoms with van der Waals surface area (Å²) in [5.74, 6) is 1.07. The summed E-state index contributed by atoms with van der Waals surface area (Å²) in [6.45, 7) is 3.11. The van der Waals surface area contributed by atoms with Crippen LogP contribution >= 0.6 is 11.8 Å². The van der Waals surface area contributed by atoms with Gasteiger partial charge in [0, 0.05) is 36.3 Å². The number of piperidine rings is 1. The number of benzene rings is 1. The van der Waals surface area contributed by atoms with Gasteiger partial charge in [-0.1, -0.05) is 17.7 Å². The number of carbonyl (C=O) groups excluding carboxylic acids is 1. The molecule has 116 valence electrons. The lowest BCUT2D eigenvalue weighted by Gasteiger charge is -2.35. The molecule has 1 heterocycles. The van der Waals surface area contributed by atoms with Crippen LogP contribution in [0.15, 0.2) is 29.2 Å². The second-order valence-corrected chi connectivity index (χ2v) is 6.83. The van der Waals surface area contributed by atoms with Gasteiger partial charge in [0.2, 0.25) is 5.91 Å². The number of hydrogen-bond donors (Lipinski definition) is 1. The first-order chi connectivity index (χ1) is 10.2. The number of thioether (sulfide) groups is 1. The van der Waals surface area contributed by atoms with Crippen LogP contribution in [0.25, 0.3) is 0 Å². The molecule has 1 saturated heterocycles. The van der Waals surface area contributed by atoms with Gasteiger partial charge >= 0.3 is 0 Å². The first-order valence-electron chi connectivity index (χ1n) is 7.80. The van der Waals surface area contributed by atoms with E-state index in [1.165, 1.54) is 16.9 Å². The first-order valence-corrected chi connectivity index (χ1v) is 8.79. The maximum absolute atomic E-state index is 12.4. The summed E-state index contributed by atoms with van der Waals surface area (Å²) in [6, 6.07) is 8.68. The first kappa shape index (κ1) is 16.4. The Kier molecular flexibility index (Phi) is 6.58. The Morgan fingerprint density at radius 2 is 2.10 bits per heavy atom. The number of rotatable bonds is 6. The number of aryl methyl sites for hydroxylation is 1. The molecule has 1 aliphatic heterocycles. The molecule has 4 heteroatoms. The van der Waals surface area contributed by atoms with Crippen molar-refractivity contribution in [1.29, 1.82) is 0 Å². The number of carbonyl (C=O) groups is 1. The van der Waals surface area contributed by atoms with Crippen molar-refractivity contribution in [2.24, 2.45) is 0 Å². The minimum absolute atomic E-state index is 0.173. The molecule has 0 aliphatic carbocycles. The van der Waals surface area contributed by atoms with E-state index in [0.29, 0.717) is 6.42 Å². The van der Waals surface area contributed by atoms with Gasteiger partial charge in [-0.2, -0.15) is 0 Å². The number of aliphatic hydroxyl groups excluding tert-OH is 1. The highest BCUT2D eigenvalue weighted by Crippen LogP contribution is 2.23. The van der Waals surface area contributed by atoms with Crippen molar-refractivity contribution < 1.29 is 9.90 Å². The van der Waals surface area contributed by atoms with Gasteiger partial charge in [0.25, 0.3) is 0 Å². The maximum Gasteiger partial charge on any atom is 0.223 e. The van der Waals surface area contributed by atoms with Crippen LogP contribution in [0.5, 0.6) is 0 Å². The molecular weight excluding hydrogens is 282 g/mol. The molecule has 1 amide bonds. The van der Waals surface area contributed by atoms with Gasteiger partial charge in [-0.3, -0.25) is 4.79 Å². The van der Waals surface area contributed by atoms with Crippen LogP contribution in [-0.4, -0.2) is 40.9 Å². The third-order valence-electron chi connectivity index (χ3n) is 4.02. The van der Waals surface area contributed by atoms with E-state index in [-0.39, 0.29) is 18.6 Å². The summed E-state index contributed by atoms with van der Waals surface area (Å²) >= 11 is 1.74. The van der Waals surface area contributed by atoms with Crippen LogP contribution in [-0.2, 0) is 4.79 Å². The van der Waals surface area contributed by atoms with E-state index < -0.39 is 0 Å². The summed E-state index contributed by atoms with van der Waals surface area (Å²) in [7, 11) is 0. The summed E-state index contributed by atoms with van der Waals surface area (Å²) in [6.07, 6.45) is 4.61. The van der Waals surface area contributed by atoms with Crippen molar-refractivity contribution in [1.82, 2.24) is 4.90 Å². The highest BCUT2D eigenvalue weighted by atomic mass is 32.2. The van der Waals surface area contributed by atoms with Crippen LogP contribution in [0.3, 0.4) is 0 Å². The minimum Gasteiger partial charge on any atom is -0.396 e. The number of likely N-dealkylation sites (tertiary alicyclic amines) is 1. The molecule has 1 atom stereocenters. The lowest BCUT2D eigenvalue weighted by molar-refractivity contribution is -0.134. The van der Waals surface area contributed by atoms with Gasteiger partial charge in [0.1, 0.15) is 0 Å². The van der Waals surface area contributed by atoms with E-state index in [1.807, 2.05) is 4.90 Å². The second kappa shape index (κ2) is 8.44. The van der Waals surface area contributed by atoms with Crippen molar-refractivity contribution in [3.8, 4) is 0 Å². The fourth-order valence-electron chi connectivity index (χ4n) is 2.81. The largest absolute Gasteiger partial charge is 0.396 e. The summed E-state index contributed by atoms with van der Waals surface area (Å²) in [4.78, 5) is 15.6. The average molecular weight is 307 g/mol. The van der Waals surface area contributed by atoms with Gasteiger partial charge in [-0.25, -0.2) is 0 Å². The van der Waals surface area contributed by atoms with Gasteiger partial charge < -0.3 is 10.0 Å². The van der Waals surface area contributed by atoms with E-state index >= 15 is 0 Å². The van der Waals surface area contributed by atoms with Crippen LogP contribution in [0, 0.1) is 6.92 Å². The van der Waals surface area contributed by atoms with Crippen molar-refractivity contribution in [2.45, 2.75) is 50.0 Å². The molecule has 1 aromatic carbocycles. The van der Waals surface area contributed by atoms with Crippen molar-refractivity contribution in [3.05, 3.63) is 29.8 Å². The lowest BCUT2D eigenvalue weighted by atomic mass is 9.99. The minimum atomic E-state index is 0.173. The van der Waals surface area contributed by atoms with Crippen molar-refractivity contribution >= 4 is 17.7 Å². The molecule has 0 aromatic heterocycles. The zero-order valence-corrected chi connectivity index (χ0v) is 13.6. The van der Waals surface area contributed by atoms with Crippen molar-refractivity contribution in [3.63, 3.8) is 0 Å². The standard InChI is InChI=1S/C17H25NO2S/c1-14-5-7-16(8-6-14)21-13-10-17(20)18-11-3-2-4-15(18)9-12-19/h5-8,15,19H,2-4,9-13H2,1H3. The summed E-state index contributed by atoms with van der Waals surface area (Å²) in [5, 5.41) is 9.12. The number of hydrogen-bond acceptors (Lipinski definition) is 3. The summed E-state index contributed by atoms with van der Waals surface area (Å²) < 4.78 is 0. The number of amides is 1. The summed E-state index contributed by atoms with van der Waals surface area (Å²) in [5.41, 5.74) is 1.26. The number of nitrogens with zero attached hydrogens (tertiary/aromatic N) is 1. The zero-order chi connectivity index (χ0) is 15.1. The molecule has 0 spiro atoms. The Balaban J connectivity index is 1.78. The van der Waals surface area contributed by atoms with Crippen LogP contribution in [0.1, 0.15) is 37.7 Å². The van der Waals surface area contributed by atoms with Gasteiger partial charge in [-0.15, -0.1) is 11.8 Å². The molecule has 0 radical (unpaired) electrons. The average Bonchev–Trinajstić information content (AvgIpc) is 2.50. The zero-order valence-electron chi connectivity index (χ0n) is 12.8. The molecule has 3 nitrogen and oxygen atoms in total. The fourth-order valence-corrected chi connectivity index (χ4v) is 3.65. The Hall–Kier alpha value is -1.00. The quantitative estimate of drug-likeness (QED) is 0.820. The lowest BCUT2D eigenvalue weighted by Crippen LogP contribution is -2.44. The second-order valence-electron chi connectivity index (χ2n) is 5.66. The molecule has 2 rings (SSSR count). The molecule has 21 heavy (non-hydrogen) atoms. The normalized spacial score (nSPS) is 18.8. The highest BCUT2D eigenvalue weighted by Gasteiger charge is 2.25. The van der Waals surface area contributed by atoms with Crippen LogP contribution in [0.2, 0.25) is 0 Å². The van der Waals surface area contributed by atoms with Crippen LogP contribution in [0.4, 0.5) is 0 Å². The van der Waals surface area contributed by atoms with E-state index in [2.05, 4.69) is 31.2 Å². The molecule has 1 fully saturated rings. The molecule has 0 bridgehead atoms. The predicted molar refractivity (Wildman–Crippen MR) is 87.6 cm³/mol. The SMILES string of the molecule is Cc1ccc(SCCC(=O)N2CCCCC2CCO)cc1. The fraction of sp³-hybridized carbons (Fsp3) is 0.588. The van der Waals surface area contributed by atoms with E-state index in [1.54, 1.807) is 11.8 Å². The molecule has 1 aromatic rings. The molecule has 0 saturated carbocycles. The molecule has 1 aliphatic rings. The highest BCUT2D eigenvalue weighted by molar-refractivity contribution is 7.99. The Bertz CT molecular complexity index is 445. The Morgan fingerprint density at radius 3 is 2.81 bits per heavy atom. The topological polar surface area (TPSA) is 40.5 Å². The Labute approximate surface area is 131 Å². The monoisotopic (exact) mass is 307 g/mol. The smallest absolute Gasteiger partial charge is 0.223 e. The van der Waals surface area contributed by atoms with Crippen molar-refractivity contribution in [2.75, 3.05) is 18.9 Å². The van der Waals surface area contributed by atoms with Gasteiger partial charge in [-0.05, 0) is 44.7 Å². The number of aliphatic hydroxyl groups is 1. The van der Waals surface area contributed by atoms with Gasteiger partial charge in [0.15, 0.2) is 0 Å². The van der Waals surface area contributed by atoms with Crippen LogP contribution < -0.4 is 0 Å². The molecule has 1 unspecified atom stereocenters. The third kappa shape index (κ3) is 5.04. The molecular formula is C17H25NO2S. The predicted octanol–water partition coefficient (Wildman–Crippen LogP) is 3.24. The Morgan fingerprint density at radius 1 is 1.33 bits per heavy atom. The third-order valence-corrected chi connectivity index (χ3v) is 5.03. The van der Waals surface area contributed by atoms with E-state index in [4.69, 9.17) is 5.11 Å². The van der Waals surface area contributed by atoms with E-state index in [9.17, 15) is 4.79 Å². The molecule has 1 N–H and O–H groups in total. The van der Waals surface area contributed by atoms with E-state index in [0.717, 1.165) is 31.6 Å².